The van der Waals surface area contributed by atoms with Crippen LogP contribution in [0.25, 0.3) is 0 Å². The van der Waals surface area contributed by atoms with Gasteiger partial charge in [-0.25, -0.2) is 0 Å². The molecule has 2 unspecified atom stereocenters. The molecule has 2 rings (SSSR count). The molecule has 1 fully saturated rings. The number of rotatable bonds is 10. The lowest BCUT2D eigenvalue weighted by Gasteiger charge is -2.37. The highest BCUT2D eigenvalue weighted by Crippen LogP contribution is 2.12. The molecule has 6 nitrogen and oxygen atoms in total. The van der Waals surface area contributed by atoms with Gasteiger partial charge in [-0.05, 0) is 17.4 Å². The number of halogens is 1. The summed E-state index contributed by atoms with van der Waals surface area (Å²) in [5.41, 5.74) is 1.21. The van der Waals surface area contributed by atoms with Crippen molar-refractivity contribution < 1.29 is 9.47 Å². The quantitative estimate of drug-likeness (QED) is 0.284. The Balaban J connectivity index is 0.00000420. The molecule has 1 aromatic rings. The van der Waals surface area contributed by atoms with Crippen LogP contribution in [-0.2, 0) is 16.1 Å². The standard InChI is InChI=1S/C22H38N4O2.HI/c1-18(2)21(26-10-12-27-13-11-26)15-25-22(23-4)24-14-19(3)16-28-17-20-8-6-5-7-9-20;/h5-9,18-19,21H,10-17H2,1-4H3,(H2,23,24,25);1H. The molecule has 0 saturated carbocycles. The molecule has 0 aromatic heterocycles. The van der Waals surface area contributed by atoms with Gasteiger partial charge in [0.25, 0.3) is 0 Å². The van der Waals surface area contributed by atoms with E-state index in [9.17, 15) is 0 Å². The predicted molar refractivity (Wildman–Crippen MR) is 131 cm³/mol. The van der Waals surface area contributed by atoms with Gasteiger partial charge in [-0.3, -0.25) is 9.89 Å². The summed E-state index contributed by atoms with van der Waals surface area (Å²) in [6.45, 7) is 13.5. The van der Waals surface area contributed by atoms with Gasteiger partial charge in [0.2, 0.25) is 0 Å². The number of nitrogens with one attached hydrogen (secondary N) is 2. The van der Waals surface area contributed by atoms with Crippen molar-refractivity contribution in [2.45, 2.75) is 33.4 Å². The van der Waals surface area contributed by atoms with E-state index < -0.39 is 0 Å². The van der Waals surface area contributed by atoms with Gasteiger partial charge in [0, 0.05) is 39.3 Å². The topological polar surface area (TPSA) is 58.1 Å². The van der Waals surface area contributed by atoms with Crippen LogP contribution in [0.2, 0.25) is 0 Å². The first kappa shape index (κ1) is 26.1. The van der Waals surface area contributed by atoms with Crippen molar-refractivity contribution in [1.29, 1.82) is 0 Å². The predicted octanol–water partition coefficient (Wildman–Crippen LogP) is 2.98. The Bertz CT molecular complexity index is 565. The lowest BCUT2D eigenvalue weighted by Crippen LogP contribution is -2.52. The fourth-order valence-corrected chi connectivity index (χ4v) is 3.40. The summed E-state index contributed by atoms with van der Waals surface area (Å²) in [5, 5.41) is 6.93. The highest BCUT2D eigenvalue weighted by atomic mass is 127. The van der Waals surface area contributed by atoms with Crippen LogP contribution in [0.3, 0.4) is 0 Å². The van der Waals surface area contributed by atoms with Gasteiger partial charge in [0.05, 0.1) is 26.4 Å². The Morgan fingerprint density at radius 3 is 2.38 bits per heavy atom. The van der Waals surface area contributed by atoms with Gasteiger partial charge in [-0.2, -0.15) is 0 Å². The average Bonchev–Trinajstić information content (AvgIpc) is 2.72. The van der Waals surface area contributed by atoms with E-state index in [0.29, 0.717) is 24.5 Å². The van der Waals surface area contributed by atoms with Crippen LogP contribution in [0.4, 0.5) is 0 Å². The summed E-state index contributed by atoms with van der Waals surface area (Å²) >= 11 is 0. The van der Waals surface area contributed by atoms with Crippen molar-refractivity contribution >= 4 is 29.9 Å². The van der Waals surface area contributed by atoms with Gasteiger partial charge in [-0.1, -0.05) is 51.1 Å². The molecular formula is C22H39IN4O2. The van der Waals surface area contributed by atoms with E-state index in [4.69, 9.17) is 9.47 Å². The van der Waals surface area contributed by atoms with Gasteiger partial charge in [0.1, 0.15) is 0 Å². The Hall–Kier alpha value is -0.900. The third-order valence-electron chi connectivity index (χ3n) is 5.12. The zero-order valence-electron chi connectivity index (χ0n) is 18.4. The van der Waals surface area contributed by atoms with E-state index in [0.717, 1.165) is 52.0 Å². The molecule has 1 saturated heterocycles. The lowest BCUT2D eigenvalue weighted by atomic mass is 10.0. The zero-order valence-corrected chi connectivity index (χ0v) is 20.7. The highest BCUT2D eigenvalue weighted by Gasteiger charge is 2.23. The Morgan fingerprint density at radius 1 is 1.10 bits per heavy atom. The molecule has 0 spiro atoms. The summed E-state index contributed by atoms with van der Waals surface area (Å²) < 4.78 is 11.3. The van der Waals surface area contributed by atoms with Crippen LogP contribution in [0.15, 0.2) is 35.3 Å². The summed E-state index contributed by atoms with van der Waals surface area (Å²) in [5.74, 6) is 1.84. The molecule has 2 atom stereocenters. The number of ether oxygens (including phenoxy) is 2. The fourth-order valence-electron chi connectivity index (χ4n) is 3.40. The third kappa shape index (κ3) is 10.1. The number of guanidine groups is 1. The van der Waals surface area contributed by atoms with E-state index in [1.165, 1.54) is 5.56 Å². The first-order chi connectivity index (χ1) is 13.6. The number of nitrogens with zero attached hydrogens (tertiary/aromatic N) is 2. The summed E-state index contributed by atoms with van der Waals surface area (Å²) in [6, 6.07) is 10.8. The van der Waals surface area contributed by atoms with E-state index >= 15 is 0 Å². The molecule has 0 radical (unpaired) electrons. The van der Waals surface area contributed by atoms with Crippen LogP contribution in [0.5, 0.6) is 0 Å². The minimum Gasteiger partial charge on any atom is -0.379 e. The number of morpholine rings is 1. The molecule has 0 amide bonds. The van der Waals surface area contributed by atoms with Crippen molar-refractivity contribution in [3.63, 3.8) is 0 Å². The number of hydrogen-bond acceptors (Lipinski definition) is 4. The number of benzene rings is 1. The Morgan fingerprint density at radius 2 is 1.76 bits per heavy atom. The van der Waals surface area contributed by atoms with Crippen LogP contribution >= 0.6 is 24.0 Å². The SMILES string of the molecule is CN=C(NCC(C)COCc1ccccc1)NCC(C(C)C)N1CCOCC1.I. The molecule has 1 aliphatic heterocycles. The zero-order chi connectivity index (χ0) is 20.2. The first-order valence-corrected chi connectivity index (χ1v) is 10.5. The Kier molecular flexibility index (Phi) is 13.5. The molecule has 0 bridgehead atoms. The van der Waals surface area contributed by atoms with Gasteiger partial charge in [0.15, 0.2) is 5.96 Å². The molecule has 1 aromatic carbocycles. The maximum absolute atomic E-state index is 5.84. The molecule has 1 heterocycles. The summed E-state index contributed by atoms with van der Waals surface area (Å²) in [7, 11) is 1.82. The van der Waals surface area contributed by atoms with Crippen molar-refractivity contribution in [1.82, 2.24) is 15.5 Å². The van der Waals surface area contributed by atoms with Crippen molar-refractivity contribution in [3.8, 4) is 0 Å². The molecule has 0 aliphatic carbocycles. The normalized spacial score (nSPS) is 17.5. The van der Waals surface area contributed by atoms with Gasteiger partial charge in [-0.15, -0.1) is 24.0 Å². The molecule has 1 aliphatic rings. The highest BCUT2D eigenvalue weighted by molar-refractivity contribution is 14.0. The van der Waals surface area contributed by atoms with Gasteiger partial charge >= 0.3 is 0 Å². The Labute approximate surface area is 193 Å². The maximum atomic E-state index is 5.84. The van der Waals surface area contributed by atoms with Crippen LogP contribution in [0.1, 0.15) is 26.3 Å². The second-order valence-corrected chi connectivity index (χ2v) is 7.90. The summed E-state index contributed by atoms with van der Waals surface area (Å²) in [4.78, 5) is 6.90. The van der Waals surface area contributed by atoms with Crippen molar-refractivity contribution in [2.75, 3.05) is 53.0 Å². The third-order valence-corrected chi connectivity index (χ3v) is 5.12. The average molecular weight is 518 g/mol. The second kappa shape index (κ2) is 15.0. The molecule has 29 heavy (non-hydrogen) atoms. The fraction of sp³-hybridized carbons (Fsp3) is 0.682. The monoisotopic (exact) mass is 518 g/mol. The largest absolute Gasteiger partial charge is 0.379 e. The van der Waals surface area contributed by atoms with Gasteiger partial charge < -0.3 is 20.1 Å². The van der Waals surface area contributed by atoms with E-state index in [-0.39, 0.29) is 24.0 Å². The second-order valence-electron chi connectivity index (χ2n) is 7.90. The molecule has 2 N–H and O–H groups in total. The van der Waals surface area contributed by atoms with E-state index in [1.807, 2.05) is 25.2 Å². The molecular weight excluding hydrogens is 479 g/mol. The lowest BCUT2D eigenvalue weighted by molar-refractivity contribution is 0.00751. The van der Waals surface area contributed by atoms with E-state index in [1.54, 1.807) is 0 Å². The van der Waals surface area contributed by atoms with Crippen molar-refractivity contribution in [3.05, 3.63) is 35.9 Å². The minimum absolute atomic E-state index is 0. The number of aliphatic imine (C=N–C) groups is 1. The summed E-state index contributed by atoms with van der Waals surface area (Å²) in [6.07, 6.45) is 0. The minimum atomic E-state index is 0. The molecule has 7 heteroatoms. The smallest absolute Gasteiger partial charge is 0.191 e. The van der Waals surface area contributed by atoms with Crippen LogP contribution < -0.4 is 10.6 Å². The van der Waals surface area contributed by atoms with Crippen LogP contribution in [0, 0.1) is 11.8 Å². The van der Waals surface area contributed by atoms with Crippen LogP contribution in [-0.4, -0.2) is 69.9 Å². The van der Waals surface area contributed by atoms with Crippen molar-refractivity contribution in [2.24, 2.45) is 16.8 Å². The number of hydrogen-bond donors (Lipinski definition) is 2. The maximum Gasteiger partial charge on any atom is 0.191 e. The van der Waals surface area contributed by atoms with E-state index in [2.05, 4.69) is 53.4 Å². The molecule has 166 valence electrons. The first-order valence-electron chi connectivity index (χ1n) is 10.5.